The van der Waals surface area contributed by atoms with Crippen molar-refractivity contribution in [3.63, 3.8) is 0 Å². The van der Waals surface area contributed by atoms with Gasteiger partial charge in [0.25, 0.3) is 0 Å². The maximum absolute atomic E-state index is 10.3. The first kappa shape index (κ1) is 13.5. The minimum Gasteiger partial charge on any atom is -0.548 e. The summed E-state index contributed by atoms with van der Waals surface area (Å²) < 4.78 is 0. The van der Waals surface area contributed by atoms with Gasteiger partial charge in [-0.3, -0.25) is 4.79 Å². The second-order valence-corrected chi connectivity index (χ2v) is 1.98. The van der Waals surface area contributed by atoms with E-state index in [1.807, 2.05) is 0 Å². The number of carbonyl (C=O) groups is 2. The van der Waals surface area contributed by atoms with Crippen LogP contribution in [0, 0.1) is 0 Å². The van der Waals surface area contributed by atoms with Gasteiger partial charge in [-0.2, -0.15) is 0 Å². The van der Waals surface area contributed by atoms with E-state index in [9.17, 15) is 14.7 Å². The monoisotopic (exact) mass is 167 g/mol. The van der Waals surface area contributed by atoms with E-state index in [2.05, 4.69) is 5.32 Å². The number of carboxylic acid groups (broad SMARTS) is 1. The summed E-state index contributed by atoms with van der Waals surface area (Å²) in [5.41, 5.74) is 0. The summed E-state index contributed by atoms with van der Waals surface area (Å²) in [7, 11) is 0. The summed E-state index contributed by atoms with van der Waals surface area (Å²) in [5.74, 6) is -1.59. The van der Waals surface area contributed by atoms with Crippen LogP contribution in [0.3, 0.4) is 0 Å². The molecule has 0 radical (unpaired) electrons. The van der Waals surface area contributed by atoms with Crippen molar-refractivity contribution in [3.8, 4) is 0 Å². The molecule has 0 aromatic carbocycles. The number of nitrogens with one attached hydrogen (secondary N) is 1. The maximum atomic E-state index is 10.3. The van der Waals surface area contributed by atoms with E-state index in [1.165, 1.54) is 6.92 Å². The van der Waals surface area contributed by atoms with Crippen molar-refractivity contribution in [1.29, 1.82) is 0 Å². The van der Waals surface area contributed by atoms with Crippen molar-refractivity contribution in [1.82, 2.24) is 5.32 Å². The van der Waals surface area contributed by atoms with Gasteiger partial charge >= 0.3 is 29.6 Å². The van der Waals surface area contributed by atoms with Crippen LogP contribution in [0.25, 0.3) is 0 Å². The summed E-state index contributed by atoms with van der Waals surface area (Å²) in [6.07, 6.45) is 0.349. The molecule has 11 heavy (non-hydrogen) atoms. The molecular weight excluding hydrogens is 157 g/mol. The topological polar surface area (TPSA) is 69.2 Å². The molecule has 0 aromatic heterocycles. The third-order valence-corrected chi connectivity index (χ3v) is 1.07. The minimum absolute atomic E-state index is 0. The average molecular weight is 167 g/mol. The molecule has 1 amide bonds. The summed E-state index contributed by atoms with van der Waals surface area (Å²) in [6.45, 7) is 2.93. The van der Waals surface area contributed by atoms with Gasteiger partial charge in [0.1, 0.15) is 0 Å². The van der Waals surface area contributed by atoms with Gasteiger partial charge < -0.3 is 15.2 Å². The minimum atomic E-state index is -1.24. The molecule has 1 N–H and O–H groups in total. The molecular formula is C6H10NNaO3. The first-order chi connectivity index (χ1) is 4.57. The first-order valence-electron chi connectivity index (χ1n) is 3.06. The van der Waals surface area contributed by atoms with Crippen molar-refractivity contribution < 1.29 is 44.3 Å². The third-order valence-electron chi connectivity index (χ3n) is 1.07. The van der Waals surface area contributed by atoms with Crippen molar-refractivity contribution in [2.45, 2.75) is 26.3 Å². The van der Waals surface area contributed by atoms with Crippen LogP contribution in [0.2, 0.25) is 0 Å². The molecule has 1 atom stereocenters. The Morgan fingerprint density at radius 2 is 2.00 bits per heavy atom. The van der Waals surface area contributed by atoms with E-state index in [0.29, 0.717) is 6.42 Å². The van der Waals surface area contributed by atoms with Gasteiger partial charge in [-0.1, -0.05) is 6.92 Å². The Morgan fingerprint density at radius 1 is 1.55 bits per heavy atom. The Labute approximate surface area is 87.6 Å². The molecule has 0 saturated carbocycles. The van der Waals surface area contributed by atoms with Gasteiger partial charge in [0, 0.05) is 6.92 Å². The Balaban J connectivity index is 0. The number of carboxylic acids is 1. The molecule has 5 heteroatoms. The van der Waals surface area contributed by atoms with E-state index in [-0.39, 0.29) is 35.5 Å². The van der Waals surface area contributed by atoms with Gasteiger partial charge in [0.05, 0.1) is 12.0 Å². The second kappa shape index (κ2) is 6.64. The van der Waals surface area contributed by atoms with Crippen LogP contribution in [0.15, 0.2) is 0 Å². The van der Waals surface area contributed by atoms with Crippen LogP contribution in [0.1, 0.15) is 20.3 Å². The molecule has 0 bridgehead atoms. The van der Waals surface area contributed by atoms with E-state index < -0.39 is 12.0 Å². The van der Waals surface area contributed by atoms with Crippen LogP contribution in [0.4, 0.5) is 0 Å². The fourth-order valence-electron chi connectivity index (χ4n) is 0.573. The maximum Gasteiger partial charge on any atom is 1.00 e. The second-order valence-electron chi connectivity index (χ2n) is 1.98. The standard InChI is InChI=1S/C6H11NO3.Na/c1-3-5(6(9)10)7-4(2)8;/h5H,3H2,1-2H3,(H,7,8)(H,9,10);/q;+1/p-1. The number of amides is 1. The number of hydrogen-bond acceptors (Lipinski definition) is 3. The Kier molecular flexibility index (Phi) is 8.16. The molecule has 4 nitrogen and oxygen atoms in total. The van der Waals surface area contributed by atoms with Crippen molar-refractivity contribution in [2.24, 2.45) is 0 Å². The molecule has 0 aliphatic rings. The summed E-state index contributed by atoms with van der Waals surface area (Å²) in [5, 5.41) is 12.4. The zero-order chi connectivity index (χ0) is 8.15. The molecule has 0 fully saturated rings. The molecule has 0 saturated heterocycles. The van der Waals surface area contributed by atoms with Crippen LogP contribution in [-0.2, 0) is 9.59 Å². The molecule has 0 heterocycles. The van der Waals surface area contributed by atoms with E-state index in [4.69, 9.17) is 0 Å². The normalized spacial score (nSPS) is 11.1. The van der Waals surface area contributed by atoms with Crippen LogP contribution < -0.4 is 40.0 Å². The van der Waals surface area contributed by atoms with Gasteiger partial charge in [-0.25, -0.2) is 0 Å². The van der Waals surface area contributed by atoms with Gasteiger partial charge in [0.15, 0.2) is 0 Å². The Hall–Kier alpha value is -0.0600. The third kappa shape index (κ3) is 6.34. The van der Waals surface area contributed by atoms with Crippen LogP contribution >= 0.6 is 0 Å². The summed E-state index contributed by atoms with van der Waals surface area (Å²) >= 11 is 0. The predicted molar refractivity (Wildman–Crippen MR) is 32.9 cm³/mol. The van der Waals surface area contributed by atoms with E-state index >= 15 is 0 Å². The first-order valence-corrected chi connectivity index (χ1v) is 3.06. The summed E-state index contributed by atoms with van der Waals surface area (Å²) in [4.78, 5) is 20.5. The van der Waals surface area contributed by atoms with Gasteiger partial charge in [0.2, 0.25) is 5.91 Å². The molecule has 0 spiro atoms. The molecule has 58 valence electrons. The van der Waals surface area contributed by atoms with Crippen LogP contribution in [-0.4, -0.2) is 17.9 Å². The fraction of sp³-hybridized carbons (Fsp3) is 0.667. The zero-order valence-corrected chi connectivity index (χ0v) is 9.01. The number of hydrogen-bond donors (Lipinski definition) is 1. The van der Waals surface area contributed by atoms with E-state index in [0.717, 1.165) is 0 Å². The Morgan fingerprint density at radius 3 is 2.09 bits per heavy atom. The SMILES string of the molecule is CCC(NC(C)=O)C(=O)[O-].[Na+]. The predicted octanol–water partition coefficient (Wildman–Crippen LogP) is -4.34. The van der Waals surface area contributed by atoms with Crippen LogP contribution in [0.5, 0.6) is 0 Å². The molecule has 1 unspecified atom stereocenters. The number of aliphatic carboxylic acids is 1. The molecule has 0 aliphatic heterocycles. The molecule has 0 aromatic rings. The largest absolute Gasteiger partial charge is 1.00 e. The van der Waals surface area contributed by atoms with Crippen molar-refractivity contribution >= 4 is 11.9 Å². The average Bonchev–Trinajstić information content (AvgIpc) is 1.81. The van der Waals surface area contributed by atoms with Gasteiger partial charge in [-0.15, -0.1) is 0 Å². The summed E-state index contributed by atoms with van der Waals surface area (Å²) in [6, 6.07) is -0.850. The van der Waals surface area contributed by atoms with Gasteiger partial charge in [-0.05, 0) is 6.42 Å². The smallest absolute Gasteiger partial charge is 0.548 e. The number of rotatable bonds is 3. The van der Waals surface area contributed by atoms with Crippen molar-refractivity contribution in [2.75, 3.05) is 0 Å². The molecule has 0 aliphatic carbocycles. The van der Waals surface area contributed by atoms with E-state index in [1.54, 1.807) is 6.92 Å². The fourth-order valence-corrected chi connectivity index (χ4v) is 0.573. The Bertz CT molecular complexity index is 149. The quantitative estimate of drug-likeness (QED) is 0.432. The molecule has 0 rings (SSSR count). The zero-order valence-electron chi connectivity index (χ0n) is 7.01. The van der Waals surface area contributed by atoms with Crippen molar-refractivity contribution in [3.05, 3.63) is 0 Å². The number of carbonyl (C=O) groups excluding carboxylic acids is 2.